The van der Waals surface area contributed by atoms with Gasteiger partial charge in [-0.2, -0.15) is 11.0 Å². The molecule has 180 valence electrons. The normalized spacial score (nSPS) is 11.8. The number of carbonyl (C=O) groups is 2. The van der Waals surface area contributed by atoms with Crippen molar-refractivity contribution in [2.75, 3.05) is 30.8 Å². The molecule has 33 heavy (non-hydrogen) atoms. The van der Waals surface area contributed by atoms with Gasteiger partial charge in [-0.25, -0.2) is 0 Å². The third-order valence-corrected chi connectivity index (χ3v) is 4.61. The molecule has 0 aromatic heterocycles. The van der Waals surface area contributed by atoms with E-state index in [-0.39, 0.29) is 38.1 Å². The number of ether oxygens (including phenoxy) is 1. The van der Waals surface area contributed by atoms with Gasteiger partial charge in [0, 0.05) is 34.9 Å². The fraction of sp³-hybridized carbons (Fsp3) is 0.364. The van der Waals surface area contributed by atoms with Gasteiger partial charge in [-0.15, -0.1) is 0 Å². The summed E-state index contributed by atoms with van der Waals surface area (Å²) in [5, 5.41) is 3.58. The van der Waals surface area contributed by atoms with Gasteiger partial charge in [0.05, 0.1) is 32.3 Å². The van der Waals surface area contributed by atoms with Gasteiger partial charge in [0.1, 0.15) is 0 Å². The monoisotopic (exact) mass is 498 g/mol. The number of esters is 1. The van der Waals surface area contributed by atoms with Crippen LogP contribution in [-0.4, -0.2) is 31.6 Å². The lowest BCUT2D eigenvalue weighted by molar-refractivity contribution is -0.145. The van der Waals surface area contributed by atoms with Crippen LogP contribution in [0.1, 0.15) is 37.4 Å². The van der Waals surface area contributed by atoms with Gasteiger partial charge in [-0.3, -0.25) is 19.3 Å². The molecule has 0 aliphatic heterocycles. The number of halogens is 2. The maximum Gasteiger partial charge on any atom is 0.307 e. The highest BCUT2D eigenvalue weighted by Crippen LogP contribution is 2.26. The number of carbonyl (C=O) groups excluding carboxylic acids is 2. The van der Waals surface area contributed by atoms with Crippen LogP contribution in [0.15, 0.2) is 36.4 Å². The van der Waals surface area contributed by atoms with Gasteiger partial charge >= 0.3 is 5.97 Å². The fourth-order valence-electron chi connectivity index (χ4n) is 2.93. The molecule has 0 radical (unpaired) electrons. The molecule has 1 unspecified atom stereocenters. The molecule has 1 atom stereocenters. The first-order valence-electron chi connectivity index (χ1n) is 10.3. The smallest absolute Gasteiger partial charge is 0.307 e. The van der Waals surface area contributed by atoms with Crippen molar-refractivity contribution < 1.29 is 24.0 Å². The Morgan fingerprint density at radius 2 is 1.79 bits per heavy atom. The average molecular weight is 499 g/mol. The number of hydroxylamine groups is 2. The Labute approximate surface area is 202 Å². The molecule has 5 N–H and O–H groups in total. The highest BCUT2D eigenvalue weighted by atomic mass is 35.5. The van der Waals surface area contributed by atoms with E-state index in [9.17, 15) is 9.59 Å². The number of nitrogen functional groups attached to an aromatic ring is 1. The summed E-state index contributed by atoms with van der Waals surface area (Å²) >= 11 is 12.2. The van der Waals surface area contributed by atoms with Crippen molar-refractivity contribution in [2.45, 2.75) is 32.9 Å². The summed E-state index contributed by atoms with van der Waals surface area (Å²) < 4.78 is 5.03. The summed E-state index contributed by atoms with van der Waals surface area (Å²) in [6.07, 6.45) is 0.0422. The van der Waals surface area contributed by atoms with Gasteiger partial charge in [-0.05, 0) is 54.4 Å². The first-order valence-corrected chi connectivity index (χ1v) is 11.0. The molecular weight excluding hydrogens is 471 g/mol. The quantitative estimate of drug-likeness (QED) is 0.142. The van der Waals surface area contributed by atoms with E-state index in [1.807, 2.05) is 0 Å². The predicted octanol–water partition coefficient (Wildman–Crippen LogP) is 3.77. The van der Waals surface area contributed by atoms with E-state index in [1.165, 1.54) is 6.92 Å². The van der Waals surface area contributed by atoms with Gasteiger partial charge in [0.25, 0.3) is 0 Å². The Morgan fingerprint density at radius 1 is 1.06 bits per heavy atom. The second kappa shape index (κ2) is 14.0. The molecule has 2 rings (SSSR count). The molecule has 0 fully saturated rings. The molecule has 2 aromatic carbocycles. The summed E-state index contributed by atoms with van der Waals surface area (Å²) in [4.78, 5) is 34.1. The zero-order valence-electron chi connectivity index (χ0n) is 18.5. The third kappa shape index (κ3) is 10.4. The summed E-state index contributed by atoms with van der Waals surface area (Å²) in [6, 6.07) is 9.70. The molecule has 11 heteroatoms. The molecule has 9 nitrogen and oxygen atoms in total. The minimum absolute atomic E-state index is 0.0422. The molecular formula is C22H28Cl2N4O5. The predicted molar refractivity (Wildman–Crippen MR) is 127 cm³/mol. The summed E-state index contributed by atoms with van der Waals surface area (Å²) in [7, 11) is 0. The van der Waals surface area contributed by atoms with E-state index in [2.05, 4.69) is 16.3 Å². The molecule has 2 aromatic rings. The number of benzene rings is 2. The summed E-state index contributed by atoms with van der Waals surface area (Å²) in [5.74, 6) is -0.562. The van der Waals surface area contributed by atoms with Gasteiger partial charge in [0.2, 0.25) is 5.91 Å². The van der Waals surface area contributed by atoms with Crippen molar-refractivity contribution in [3.8, 4) is 0 Å². The standard InChI is InChI=1S/C22H28Cl2N4O5/c1-3-31-22(30)12-21(16-8-17(23)10-18(24)9-16)28-32-5-4-26-33-13-15-6-19(25)11-20(7-15)27-14(2)29/h6-11,21,26,28H,3-5,12-13,25H2,1-2H3,(H,27,29). The maximum atomic E-state index is 12.0. The maximum absolute atomic E-state index is 12.0. The van der Waals surface area contributed by atoms with Crippen LogP contribution in [0, 0.1) is 0 Å². The Bertz CT molecular complexity index is 925. The molecule has 0 heterocycles. The van der Waals surface area contributed by atoms with E-state index in [1.54, 1.807) is 43.3 Å². The van der Waals surface area contributed by atoms with Crippen LogP contribution in [0.4, 0.5) is 11.4 Å². The SMILES string of the molecule is CCOC(=O)CC(NOCCNOCc1cc(N)cc(NC(C)=O)c1)c1cc(Cl)cc(Cl)c1. The van der Waals surface area contributed by atoms with Gasteiger partial charge in [0.15, 0.2) is 0 Å². The van der Waals surface area contributed by atoms with E-state index >= 15 is 0 Å². The van der Waals surface area contributed by atoms with Crippen LogP contribution in [0.2, 0.25) is 10.0 Å². The van der Waals surface area contributed by atoms with Crippen molar-refractivity contribution in [3.05, 3.63) is 57.6 Å². The van der Waals surface area contributed by atoms with E-state index in [0.29, 0.717) is 33.5 Å². The molecule has 1 amide bonds. The van der Waals surface area contributed by atoms with Crippen molar-refractivity contribution >= 4 is 46.5 Å². The van der Waals surface area contributed by atoms with E-state index in [4.69, 9.17) is 43.3 Å². The zero-order chi connectivity index (χ0) is 24.2. The lowest BCUT2D eigenvalue weighted by atomic mass is 10.0. The van der Waals surface area contributed by atoms with Crippen LogP contribution in [0.5, 0.6) is 0 Å². The topological polar surface area (TPSA) is 124 Å². The number of anilines is 2. The summed E-state index contributed by atoms with van der Waals surface area (Å²) in [6.45, 7) is 4.27. The van der Waals surface area contributed by atoms with Gasteiger partial charge < -0.3 is 15.8 Å². The largest absolute Gasteiger partial charge is 0.466 e. The third-order valence-electron chi connectivity index (χ3n) is 4.17. The Morgan fingerprint density at radius 3 is 2.45 bits per heavy atom. The van der Waals surface area contributed by atoms with Crippen LogP contribution in [-0.2, 0) is 30.6 Å². The Kier molecular flexibility index (Phi) is 11.4. The zero-order valence-corrected chi connectivity index (χ0v) is 20.0. The number of hydrogen-bond donors (Lipinski definition) is 4. The van der Waals surface area contributed by atoms with Crippen molar-refractivity contribution in [3.63, 3.8) is 0 Å². The minimum Gasteiger partial charge on any atom is -0.466 e. The van der Waals surface area contributed by atoms with Crippen LogP contribution in [0.25, 0.3) is 0 Å². The second-order valence-corrected chi connectivity index (χ2v) is 7.93. The number of hydrogen-bond acceptors (Lipinski definition) is 8. The number of nitrogens with one attached hydrogen (secondary N) is 3. The molecule has 0 saturated carbocycles. The molecule has 0 aliphatic carbocycles. The highest BCUT2D eigenvalue weighted by Gasteiger charge is 2.18. The summed E-state index contributed by atoms with van der Waals surface area (Å²) in [5.41, 5.74) is 14.1. The van der Waals surface area contributed by atoms with Crippen LogP contribution in [0.3, 0.4) is 0 Å². The molecule has 0 bridgehead atoms. The Balaban J connectivity index is 1.79. The number of nitrogens with two attached hydrogens (primary N) is 1. The lowest BCUT2D eigenvalue weighted by Gasteiger charge is -2.19. The first-order chi connectivity index (χ1) is 15.8. The van der Waals surface area contributed by atoms with Crippen molar-refractivity contribution in [1.82, 2.24) is 11.0 Å². The first kappa shape index (κ1) is 26.8. The van der Waals surface area contributed by atoms with Crippen LogP contribution >= 0.6 is 23.2 Å². The lowest BCUT2D eigenvalue weighted by Crippen LogP contribution is -2.29. The second-order valence-electron chi connectivity index (χ2n) is 7.06. The number of rotatable bonds is 13. The molecule has 0 spiro atoms. The van der Waals surface area contributed by atoms with Crippen molar-refractivity contribution in [2.24, 2.45) is 0 Å². The van der Waals surface area contributed by atoms with E-state index in [0.717, 1.165) is 5.56 Å². The van der Waals surface area contributed by atoms with Crippen molar-refractivity contribution in [1.29, 1.82) is 0 Å². The van der Waals surface area contributed by atoms with E-state index < -0.39 is 6.04 Å². The van der Waals surface area contributed by atoms with Crippen LogP contribution < -0.4 is 22.0 Å². The number of amides is 1. The van der Waals surface area contributed by atoms with Gasteiger partial charge in [-0.1, -0.05) is 23.2 Å². The Hall–Kier alpha value is -2.40. The average Bonchev–Trinajstić information content (AvgIpc) is 2.70. The minimum atomic E-state index is -0.499. The highest BCUT2D eigenvalue weighted by molar-refractivity contribution is 6.34. The molecule has 0 saturated heterocycles. The fourth-order valence-corrected chi connectivity index (χ4v) is 3.47. The molecule has 0 aliphatic rings.